The summed E-state index contributed by atoms with van der Waals surface area (Å²) >= 11 is 0. The summed E-state index contributed by atoms with van der Waals surface area (Å²) in [5.74, 6) is 0.918. The van der Waals surface area contributed by atoms with Gasteiger partial charge < -0.3 is 15.2 Å². The minimum atomic E-state index is -0.491. The normalized spacial score (nSPS) is 12.1. The van der Waals surface area contributed by atoms with Gasteiger partial charge in [-0.3, -0.25) is 0 Å². The van der Waals surface area contributed by atoms with Gasteiger partial charge in [0.15, 0.2) is 0 Å². The zero-order chi connectivity index (χ0) is 14.9. The molecule has 0 fully saturated rings. The summed E-state index contributed by atoms with van der Waals surface area (Å²) in [6.45, 7) is 4.02. The Bertz CT molecular complexity index is 528. The Hall–Kier alpha value is -1.84. The molecule has 0 bridgehead atoms. The second-order valence-electron chi connectivity index (χ2n) is 5.01. The number of rotatable bonds is 8. The molecule has 21 heavy (non-hydrogen) atoms. The first-order valence-electron chi connectivity index (χ1n) is 7.45. The molecule has 112 valence electrons. The maximum Gasteiger partial charge on any atom is 0.123 e. The molecule has 2 aromatic carbocycles. The number of benzene rings is 2. The Morgan fingerprint density at radius 2 is 1.76 bits per heavy atom. The van der Waals surface area contributed by atoms with Crippen molar-refractivity contribution in [3.8, 4) is 5.75 Å². The number of para-hydroxylation sites is 1. The van der Waals surface area contributed by atoms with E-state index in [4.69, 9.17) is 4.74 Å². The molecular weight excluding hydrogens is 262 g/mol. The molecular formula is C18H23NO2. The maximum atomic E-state index is 10.1. The lowest BCUT2D eigenvalue weighted by Crippen LogP contribution is -2.21. The smallest absolute Gasteiger partial charge is 0.123 e. The molecule has 0 aliphatic rings. The van der Waals surface area contributed by atoms with Crippen molar-refractivity contribution in [3.63, 3.8) is 0 Å². The van der Waals surface area contributed by atoms with Gasteiger partial charge in [0.05, 0.1) is 12.7 Å². The van der Waals surface area contributed by atoms with Gasteiger partial charge in [-0.1, -0.05) is 55.5 Å². The third-order valence-electron chi connectivity index (χ3n) is 3.27. The highest BCUT2D eigenvalue weighted by Gasteiger charge is 2.07. The number of hydrogen-bond acceptors (Lipinski definition) is 3. The fourth-order valence-electron chi connectivity index (χ4n) is 2.14. The van der Waals surface area contributed by atoms with Crippen LogP contribution in [0.1, 0.15) is 30.6 Å². The number of ether oxygens (including phenoxy) is 1. The Morgan fingerprint density at radius 3 is 2.52 bits per heavy atom. The average Bonchev–Trinajstić information content (AvgIpc) is 2.54. The molecule has 0 unspecified atom stereocenters. The van der Waals surface area contributed by atoms with Gasteiger partial charge in [-0.2, -0.15) is 0 Å². The summed E-state index contributed by atoms with van der Waals surface area (Å²) < 4.78 is 5.73. The molecule has 0 aliphatic carbocycles. The van der Waals surface area contributed by atoms with Crippen molar-refractivity contribution in [1.29, 1.82) is 0 Å². The summed E-state index contributed by atoms with van der Waals surface area (Å²) in [4.78, 5) is 0. The van der Waals surface area contributed by atoms with Crippen LogP contribution in [0.5, 0.6) is 5.75 Å². The predicted octanol–water partition coefficient (Wildman–Crippen LogP) is 3.30. The van der Waals surface area contributed by atoms with Gasteiger partial charge in [0.1, 0.15) is 5.75 Å². The van der Waals surface area contributed by atoms with E-state index in [-0.39, 0.29) is 0 Å². The van der Waals surface area contributed by atoms with Crippen molar-refractivity contribution in [2.45, 2.75) is 26.0 Å². The molecule has 2 rings (SSSR count). The van der Waals surface area contributed by atoms with Crippen LogP contribution in [-0.4, -0.2) is 18.3 Å². The zero-order valence-corrected chi connectivity index (χ0v) is 12.5. The van der Waals surface area contributed by atoms with Gasteiger partial charge >= 0.3 is 0 Å². The molecule has 0 aliphatic heterocycles. The predicted molar refractivity (Wildman–Crippen MR) is 85.3 cm³/mol. The molecule has 1 atom stereocenters. The lowest BCUT2D eigenvalue weighted by molar-refractivity contribution is 0.174. The van der Waals surface area contributed by atoms with Crippen molar-refractivity contribution in [2.24, 2.45) is 0 Å². The van der Waals surface area contributed by atoms with Crippen LogP contribution in [0.4, 0.5) is 0 Å². The van der Waals surface area contributed by atoms with Crippen LogP contribution in [0, 0.1) is 0 Å². The fourth-order valence-corrected chi connectivity index (χ4v) is 2.14. The summed E-state index contributed by atoms with van der Waals surface area (Å²) in [5.41, 5.74) is 2.05. The van der Waals surface area contributed by atoms with Gasteiger partial charge in [0, 0.05) is 18.7 Å². The monoisotopic (exact) mass is 285 g/mol. The standard InChI is InChI=1S/C18H23NO2/c1-2-12-21-18-11-7-6-10-16(18)13-19-14-17(20)15-8-4-3-5-9-15/h3-11,17,19-20H,2,12-14H2,1H3/t17-/m0/s1. The van der Waals surface area contributed by atoms with E-state index in [1.807, 2.05) is 54.6 Å². The number of aliphatic hydroxyl groups excluding tert-OH is 1. The van der Waals surface area contributed by atoms with E-state index in [2.05, 4.69) is 12.2 Å². The Balaban J connectivity index is 1.86. The molecule has 0 radical (unpaired) electrons. The van der Waals surface area contributed by atoms with E-state index in [0.717, 1.165) is 29.9 Å². The second kappa shape index (κ2) is 8.45. The molecule has 0 spiro atoms. The van der Waals surface area contributed by atoms with Crippen LogP contribution in [0.25, 0.3) is 0 Å². The van der Waals surface area contributed by atoms with E-state index in [9.17, 15) is 5.11 Å². The Labute approximate surface area is 126 Å². The van der Waals surface area contributed by atoms with Crippen molar-refractivity contribution < 1.29 is 9.84 Å². The molecule has 0 heterocycles. The molecule has 0 amide bonds. The number of hydrogen-bond donors (Lipinski definition) is 2. The van der Waals surface area contributed by atoms with Crippen molar-refractivity contribution in [3.05, 3.63) is 65.7 Å². The topological polar surface area (TPSA) is 41.5 Å². The van der Waals surface area contributed by atoms with Gasteiger partial charge in [-0.15, -0.1) is 0 Å². The first kappa shape index (κ1) is 15.5. The zero-order valence-electron chi connectivity index (χ0n) is 12.5. The maximum absolute atomic E-state index is 10.1. The van der Waals surface area contributed by atoms with Crippen molar-refractivity contribution in [1.82, 2.24) is 5.32 Å². The SMILES string of the molecule is CCCOc1ccccc1CNC[C@H](O)c1ccccc1. The third-order valence-corrected chi connectivity index (χ3v) is 3.27. The van der Waals surface area contributed by atoms with Crippen LogP contribution in [0.2, 0.25) is 0 Å². The minimum absolute atomic E-state index is 0.491. The summed E-state index contributed by atoms with van der Waals surface area (Å²) in [6.07, 6.45) is 0.504. The molecule has 2 N–H and O–H groups in total. The highest BCUT2D eigenvalue weighted by Crippen LogP contribution is 2.18. The van der Waals surface area contributed by atoms with Crippen LogP contribution in [0.3, 0.4) is 0 Å². The van der Waals surface area contributed by atoms with Crippen LogP contribution < -0.4 is 10.1 Å². The average molecular weight is 285 g/mol. The van der Waals surface area contributed by atoms with Crippen LogP contribution in [0.15, 0.2) is 54.6 Å². The van der Waals surface area contributed by atoms with Crippen LogP contribution in [-0.2, 0) is 6.54 Å². The molecule has 2 aromatic rings. The first-order valence-corrected chi connectivity index (χ1v) is 7.45. The lowest BCUT2D eigenvalue weighted by atomic mass is 10.1. The minimum Gasteiger partial charge on any atom is -0.493 e. The molecule has 3 heteroatoms. The molecule has 0 saturated carbocycles. The number of aliphatic hydroxyl groups is 1. The Kier molecular flexibility index (Phi) is 6.25. The Morgan fingerprint density at radius 1 is 1.05 bits per heavy atom. The van der Waals surface area contributed by atoms with E-state index in [1.54, 1.807) is 0 Å². The second-order valence-corrected chi connectivity index (χ2v) is 5.01. The molecule has 0 aromatic heterocycles. The van der Waals surface area contributed by atoms with Crippen LogP contribution >= 0.6 is 0 Å². The highest BCUT2D eigenvalue weighted by atomic mass is 16.5. The molecule has 3 nitrogen and oxygen atoms in total. The first-order chi connectivity index (χ1) is 10.3. The summed E-state index contributed by atoms with van der Waals surface area (Å²) in [7, 11) is 0. The van der Waals surface area contributed by atoms with Gasteiger partial charge in [-0.05, 0) is 18.1 Å². The summed E-state index contributed by atoms with van der Waals surface area (Å²) in [6, 6.07) is 17.7. The van der Waals surface area contributed by atoms with Crippen molar-refractivity contribution >= 4 is 0 Å². The van der Waals surface area contributed by atoms with Gasteiger partial charge in [-0.25, -0.2) is 0 Å². The molecule has 0 saturated heterocycles. The quantitative estimate of drug-likeness (QED) is 0.782. The van der Waals surface area contributed by atoms with E-state index >= 15 is 0 Å². The van der Waals surface area contributed by atoms with Gasteiger partial charge in [0.2, 0.25) is 0 Å². The van der Waals surface area contributed by atoms with Gasteiger partial charge in [0.25, 0.3) is 0 Å². The van der Waals surface area contributed by atoms with Crippen molar-refractivity contribution in [2.75, 3.05) is 13.2 Å². The number of nitrogens with one attached hydrogen (secondary N) is 1. The lowest BCUT2D eigenvalue weighted by Gasteiger charge is -2.14. The highest BCUT2D eigenvalue weighted by molar-refractivity contribution is 5.33. The largest absolute Gasteiger partial charge is 0.493 e. The van der Waals surface area contributed by atoms with E-state index in [1.165, 1.54) is 0 Å². The fraction of sp³-hybridized carbons (Fsp3) is 0.333. The van der Waals surface area contributed by atoms with E-state index in [0.29, 0.717) is 13.1 Å². The summed E-state index contributed by atoms with van der Waals surface area (Å²) in [5, 5.41) is 13.4. The van der Waals surface area contributed by atoms with E-state index < -0.39 is 6.10 Å². The third kappa shape index (κ3) is 4.88.